The van der Waals surface area contributed by atoms with Crippen LogP contribution in [0.2, 0.25) is 0 Å². The third-order valence-corrected chi connectivity index (χ3v) is 3.44. The second-order valence-electron chi connectivity index (χ2n) is 4.48. The van der Waals surface area contributed by atoms with Crippen molar-refractivity contribution in [1.29, 1.82) is 0 Å². The lowest BCUT2D eigenvalue weighted by atomic mass is 9.88. The first-order valence-electron chi connectivity index (χ1n) is 5.82. The Labute approximate surface area is 99.7 Å². The Kier molecular flexibility index (Phi) is 2.51. The SMILES string of the molecule is COc1ncnc2c1NCC1(CCOCC1)N2. The summed E-state index contributed by atoms with van der Waals surface area (Å²) in [5.41, 5.74) is 0.914. The van der Waals surface area contributed by atoms with E-state index in [1.165, 1.54) is 6.33 Å². The molecule has 0 saturated carbocycles. The molecule has 0 radical (unpaired) electrons. The van der Waals surface area contributed by atoms with Crippen molar-refractivity contribution in [1.82, 2.24) is 9.97 Å². The van der Waals surface area contributed by atoms with E-state index in [1.54, 1.807) is 7.11 Å². The summed E-state index contributed by atoms with van der Waals surface area (Å²) < 4.78 is 10.6. The van der Waals surface area contributed by atoms with E-state index >= 15 is 0 Å². The fraction of sp³-hybridized carbons (Fsp3) is 0.636. The molecule has 6 nitrogen and oxygen atoms in total. The minimum atomic E-state index is 0.0601. The summed E-state index contributed by atoms with van der Waals surface area (Å²) in [6.07, 6.45) is 3.50. The number of hydrogen-bond donors (Lipinski definition) is 2. The van der Waals surface area contributed by atoms with Gasteiger partial charge in [0.25, 0.3) is 0 Å². The third kappa shape index (κ3) is 1.78. The van der Waals surface area contributed by atoms with Crippen molar-refractivity contribution < 1.29 is 9.47 Å². The standard InChI is InChI=1S/C11H16N4O2/c1-16-10-8-9(13-7-14-10)15-11(6-12-8)2-4-17-5-3-11/h7,12H,2-6H2,1H3,(H,13,14,15). The van der Waals surface area contributed by atoms with Crippen molar-refractivity contribution in [2.24, 2.45) is 0 Å². The quantitative estimate of drug-likeness (QED) is 0.754. The number of ether oxygens (including phenoxy) is 2. The number of fused-ring (bicyclic) bond motifs is 1. The van der Waals surface area contributed by atoms with Gasteiger partial charge in [0, 0.05) is 19.8 Å². The molecule has 1 aromatic rings. The van der Waals surface area contributed by atoms with E-state index in [9.17, 15) is 0 Å². The van der Waals surface area contributed by atoms with Crippen LogP contribution in [0.25, 0.3) is 0 Å². The number of methoxy groups -OCH3 is 1. The largest absolute Gasteiger partial charge is 0.479 e. The highest BCUT2D eigenvalue weighted by Crippen LogP contribution is 2.37. The lowest BCUT2D eigenvalue weighted by Gasteiger charge is -2.42. The molecule has 0 atom stereocenters. The molecule has 6 heteroatoms. The average Bonchev–Trinajstić information content (AvgIpc) is 2.38. The molecule has 0 amide bonds. The van der Waals surface area contributed by atoms with Crippen molar-refractivity contribution in [3.63, 3.8) is 0 Å². The first-order chi connectivity index (χ1) is 8.33. The highest BCUT2D eigenvalue weighted by atomic mass is 16.5. The predicted octanol–water partition coefficient (Wildman–Crippen LogP) is 0.872. The summed E-state index contributed by atoms with van der Waals surface area (Å²) in [6.45, 7) is 2.45. The first-order valence-corrected chi connectivity index (χ1v) is 5.82. The number of rotatable bonds is 1. The Morgan fingerprint density at radius 3 is 2.94 bits per heavy atom. The van der Waals surface area contributed by atoms with Gasteiger partial charge in [0.05, 0.1) is 12.6 Å². The molecule has 2 aliphatic heterocycles. The van der Waals surface area contributed by atoms with Crippen LogP contribution in [0.15, 0.2) is 6.33 Å². The van der Waals surface area contributed by atoms with Gasteiger partial charge in [-0.15, -0.1) is 0 Å². The van der Waals surface area contributed by atoms with Gasteiger partial charge in [0.2, 0.25) is 5.88 Å². The van der Waals surface area contributed by atoms with Crippen LogP contribution >= 0.6 is 0 Å². The molecule has 1 spiro atoms. The molecular formula is C11H16N4O2. The summed E-state index contributed by atoms with van der Waals surface area (Å²) in [7, 11) is 1.61. The van der Waals surface area contributed by atoms with Crippen molar-refractivity contribution in [2.45, 2.75) is 18.4 Å². The van der Waals surface area contributed by atoms with E-state index in [0.29, 0.717) is 5.88 Å². The summed E-state index contributed by atoms with van der Waals surface area (Å²) in [5, 5.41) is 6.89. The van der Waals surface area contributed by atoms with Gasteiger partial charge in [0.15, 0.2) is 5.82 Å². The Bertz CT molecular complexity index is 418. The maximum atomic E-state index is 5.40. The van der Waals surface area contributed by atoms with Gasteiger partial charge in [-0.3, -0.25) is 0 Å². The molecule has 1 aromatic heterocycles. The second kappa shape index (κ2) is 4.03. The molecule has 0 aliphatic carbocycles. The molecule has 2 aliphatic rings. The third-order valence-electron chi connectivity index (χ3n) is 3.44. The predicted molar refractivity (Wildman–Crippen MR) is 63.5 cm³/mol. The molecule has 0 unspecified atom stereocenters. The van der Waals surface area contributed by atoms with Gasteiger partial charge >= 0.3 is 0 Å². The molecule has 1 saturated heterocycles. The van der Waals surface area contributed by atoms with Crippen molar-refractivity contribution in [3.8, 4) is 5.88 Å². The number of hydrogen-bond acceptors (Lipinski definition) is 6. The number of anilines is 2. The smallest absolute Gasteiger partial charge is 0.242 e. The lowest BCUT2D eigenvalue weighted by molar-refractivity contribution is 0.0633. The molecule has 0 aromatic carbocycles. The second-order valence-corrected chi connectivity index (χ2v) is 4.48. The highest BCUT2D eigenvalue weighted by Gasteiger charge is 2.37. The maximum absolute atomic E-state index is 5.40. The molecule has 92 valence electrons. The highest BCUT2D eigenvalue weighted by molar-refractivity contribution is 5.72. The zero-order valence-corrected chi connectivity index (χ0v) is 9.82. The summed E-state index contributed by atoms with van der Waals surface area (Å²) >= 11 is 0. The van der Waals surface area contributed by atoms with E-state index in [1.807, 2.05) is 0 Å². The summed E-state index contributed by atoms with van der Waals surface area (Å²) in [5.74, 6) is 1.41. The Morgan fingerprint density at radius 1 is 1.35 bits per heavy atom. The van der Waals surface area contributed by atoms with Crippen LogP contribution in [0.3, 0.4) is 0 Å². The zero-order chi connectivity index (χ0) is 11.7. The van der Waals surface area contributed by atoms with Crippen LogP contribution in [0.4, 0.5) is 11.5 Å². The van der Waals surface area contributed by atoms with Gasteiger partial charge in [0.1, 0.15) is 12.0 Å². The maximum Gasteiger partial charge on any atom is 0.242 e. The van der Waals surface area contributed by atoms with Gasteiger partial charge < -0.3 is 20.1 Å². The van der Waals surface area contributed by atoms with E-state index in [0.717, 1.165) is 44.1 Å². The monoisotopic (exact) mass is 236 g/mol. The van der Waals surface area contributed by atoms with Gasteiger partial charge in [-0.05, 0) is 12.8 Å². The first kappa shape index (κ1) is 10.6. The zero-order valence-electron chi connectivity index (χ0n) is 9.82. The normalized spacial score (nSPS) is 21.2. The fourth-order valence-electron chi connectivity index (χ4n) is 2.40. The van der Waals surface area contributed by atoms with E-state index in [-0.39, 0.29) is 5.54 Å². The average molecular weight is 236 g/mol. The molecular weight excluding hydrogens is 220 g/mol. The molecule has 0 bridgehead atoms. The molecule has 3 heterocycles. The van der Waals surface area contributed by atoms with Crippen LogP contribution in [-0.4, -0.2) is 42.4 Å². The molecule has 3 rings (SSSR count). The van der Waals surface area contributed by atoms with Gasteiger partial charge in [-0.2, -0.15) is 4.98 Å². The van der Waals surface area contributed by atoms with Crippen molar-refractivity contribution >= 4 is 11.5 Å². The molecule has 17 heavy (non-hydrogen) atoms. The van der Waals surface area contributed by atoms with E-state index < -0.39 is 0 Å². The van der Waals surface area contributed by atoms with Crippen LogP contribution in [-0.2, 0) is 4.74 Å². The van der Waals surface area contributed by atoms with E-state index in [4.69, 9.17) is 9.47 Å². The Hall–Kier alpha value is -1.56. The summed E-state index contributed by atoms with van der Waals surface area (Å²) in [6, 6.07) is 0. The number of aromatic nitrogens is 2. The fourth-order valence-corrected chi connectivity index (χ4v) is 2.40. The lowest BCUT2D eigenvalue weighted by Crippen LogP contribution is -2.51. The van der Waals surface area contributed by atoms with Crippen molar-refractivity contribution in [2.75, 3.05) is 37.5 Å². The minimum absolute atomic E-state index is 0.0601. The number of nitrogens with one attached hydrogen (secondary N) is 2. The molecule has 1 fully saturated rings. The summed E-state index contributed by atoms with van der Waals surface area (Å²) in [4.78, 5) is 8.36. The van der Waals surface area contributed by atoms with Gasteiger partial charge in [-0.25, -0.2) is 4.98 Å². The molecule has 2 N–H and O–H groups in total. The Morgan fingerprint density at radius 2 is 2.18 bits per heavy atom. The van der Waals surface area contributed by atoms with Crippen LogP contribution < -0.4 is 15.4 Å². The topological polar surface area (TPSA) is 68.3 Å². The Balaban J connectivity index is 1.90. The number of nitrogens with zero attached hydrogens (tertiary/aromatic N) is 2. The van der Waals surface area contributed by atoms with Crippen LogP contribution in [0, 0.1) is 0 Å². The van der Waals surface area contributed by atoms with E-state index in [2.05, 4.69) is 20.6 Å². The minimum Gasteiger partial charge on any atom is -0.479 e. The van der Waals surface area contributed by atoms with Gasteiger partial charge in [-0.1, -0.05) is 0 Å². The van der Waals surface area contributed by atoms with Crippen LogP contribution in [0.5, 0.6) is 5.88 Å². The van der Waals surface area contributed by atoms with Crippen molar-refractivity contribution in [3.05, 3.63) is 6.33 Å². The van der Waals surface area contributed by atoms with Crippen LogP contribution in [0.1, 0.15) is 12.8 Å².